The Kier molecular flexibility index (Phi) is 2.04. The van der Waals surface area contributed by atoms with Gasteiger partial charge in [-0.25, -0.2) is 0 Å². The first kappa shape index (κ1) is 9.53. The lowest BCUT2D eigenvalue weighted by Gasteiger charge is -2.08. The highest BCUT2D eigenvalue weighted by Gasteiger charge is 2.56. The van der Waals surface area contributed by atoms with Crippen LogP contribution in [0.4, 0.5) is 0 Å². The summed E-state index contributed by atoms with van der Waals surface area (Å²) >= 11 is 0. The van der Waals surface area contributed by atoms with Crippen LogP contribution in [0.2, 0.25) is 0 Å². The van der Waals surface area contributed by atoms with Gasteiger partial charge in [0.1, 0.15) is 5.75 Å². The van der Waals surface area contributed by atoms with E-state index in [9.17, 15) is 0 Å². The quantitative estimate of drug-likeness (QED) is 0.777. The number of methoxy groups -OCH3 is 1. The molecule has 2 heteroatoms. The lowest BCUT2D eigenvalue weighted by molar-refractivity contribution is 0.407. The normalized spacial score (nSPS) is 28.6. The highest BCUT2D eigenvalue weighted by molar-refractivity contribution is 5.43. The van der Waals surface area contributed by atoms with Crippen molar-refractivity contribution in [2.45, 2.75) is 25.8 Å². The van der Waals surface area contributed by atoms with Crippen LogP contribution in [0.5, 0.6) is 5.75 Å². The Morgan fingerprint density at radius 2 is 1.86 bits per heavy atom. The molecule has 0 saturated heterocycles. The van der Waals surface area contributed by atoms with E-state index >= 15 is 0 Å². The van der Waals surface area contributed by atoms with Crippen LogP contribution in [0.25, 0.3) is 0 Å². The fourth-order valence-electron chi connectivity index (χ4n) is 2.20. The Labute approximate surface area is 85.1 Å². The molecule has 2 N–H and O–H groups in total. The van der Waals surface area contributed by atoms with Gasteiger partial charge in [0.2, 0.25) is 0 Å². The first-order valence-corrected chi connectivity index (χ1v) is 4.97. The maximum atomic E-state index is 6.04. The van der Waals surface area contributed by atoms with Gasteiger partial charge in [0, 0.05) is 12.0 Å². The zero-order valence-electron chi connectivity index (χ0n) is 8.95. The molecule has 1 aliphatic rings. The molecule has 1 aliphatic carbocycles. The lowest BCUT2D eigenvalue weighted by Crippen LogP contribution is -2.06. The summed E-state index contributed by atoms with van der Waals surface area (Å²) in [5, 5.41) is 0. The molecule has 1 fully saturated rings. The van der Waals surface area contributed by atoms with Crippen LogP contribution in [0.3, 0.4) is 0 Å². The van der Waals surface area contributed by atoms with E-state index < -0.39 is 0 Å². The number of hydrogen-bond donors (Lipinski definition) is 1. The highest BCUT2D eigenvalue weighted by Crippen LogP contribution is 2.58. The van der Waals surface area contributed by atoms with Crippen LogP contribution in [0.1, 0.15) is 25.3 Å². The first-order valence-electron chi connectivity index (χ1n) is 4.97. The van der Waals surface area contributed by atoms with Crippen LogP contribution in [-0.4, -0.2) is 13.2 Å². The maximum absolute atomic E-state index is 6.04. The molecular formula is C12H17NO. The summed E-state index contributed by atoms with van der Waals surface area (Å²) in [7, 11) is 1.71. The predicted molar refractivity (Wildman–Crippen MR) is 57.5 cm³/mol. The second-order valence-corrected chi connectivity index (χ2v) is 4.57. The Balaban J connectivity index is 2.34. The molecule has 0 unspecified atom stereocenters. The summed E-state index contributed by atoms with van der Waals surface area (Å²) in [4.78, 5) is 0. The number of nitrogens with two attached hydrogens (primary N) is 1. The molecular weight excluding hydrogens is 174 g/mol. The van der Waals surface area contributed by atoms with Crippen molar-refractivity contribution in [3.63, 3.8) is 0 Å². The second kappa shape index (κ2) is 2.99. The fraction of sp³-hybridized carbons (Fsp3) is 0.500. The van der Waals surface area contributed by atoms with Crippen molar-refractivity contribution >= 4 is 0 Å². The van der Waals surface area contributed by atoms with E-state index in [0.29, 0.717) is 5.92 Å². The SMILES string of the molecule is COc1ccccc1[C@H]1[C@H](N)C1(C)C. The number of para-hydroxylation sites is 1. The molecule has 1 aromatic rings. The van der Waals surface area contributed by atoms with Gasteiger partial charge >= 0.3 is 0 Å². The van der Waals surface area contributed by atoms with E-state index in [2.05, 4.69) is 19.9 Å². The van der Waals surface area contributed by atoms with Gasteiger partial charge in [-0.2, -0.15) is 0 Å². The average molecular weight is 191 g/mol. The highest BCUT2D eigenvalue weighted by atomic mass is 16.5. The van der Waals surface area contributed by atoms with Gasteiger partial charge in [-0.3, -0.25) is 0 Å². The molecule has 0 spiro atoms. The van der Waals surface area contributed by atoms with Crippen LogP contribution >= 0.6 is 0 Å². The molecule has 2 rings (SSSR count). The Hall–Kier alpha value is -1.02. The molecule has 76 valence electrons. The summed E-state index contributed by atoms with van der Waals surface area (Å²) in [6, 6.07) is 8.40. The van der Waals surface area contributed by atoms with E-state index in [0.717, 1.165) is 5.75 Å². The zero-order valence-corrected chi connectivity index (χ0v) is 8.95. The van der Waals surface area contributed by atoms with E-state index in [1.807, 2.05) is 18.2 Å². The van der Waals surface area contributed by atoms with Gasteiger partial charge in [0.05, 0.1) is 7.11 Å². The number of hydrogen-bond acceptors (Lipinski definition) is 2. The van der Waals surface area contributed by atoms with Gasteiger partial charge in [-0.1, -0.05) is 32.0 Å². The van der Waals surface area contributed by atoms with Gasteiger partial charge in [-0.15, -0.1) is 0 Å². The van der Waals surface area contributed by atoms with Gasteiger partial charge in [0.15, 0.2) is 0 Å². The number of benzene rings is 1. The predicted octanol–water partition coefficient (Wildman–Crippen LogP) is 2.15. The molecule has 1 aromatic carbocycles. The first-order chi connectivity index (χ1) is 6.59. The molecule has 0 aliphatic heterocycles. The van der Waals surface area contributed by atoms with Crippen molar-refractivity contribution in [1.82, 2.24) is 0 Å². The molecule has 1 saturated carbocycles. The van der Waals surface area contributed by atoms with Crippen molar-refractivity contribution < 1.29 is 4.74 Å². The van der Waals surface area contributed by atoms with Gasteiger partial charge in [-0.05, 0) is 17.0 Å². The minimum atomic E-state index is 0.217. The van der Waals surface area contributed by atoms with Crippen LogP contribution in [-0.2, 0) is 0 Å². The van der Waals surface area contributed by atoms with Crippen LogP contribution in [0.15, 0.2) is 24.3 Å². The Morgan fingerprint density at radius 1 is 1.29 bits per heavy atom. The molecule has 2 atom stereocenters. The monoisotopic (exact) mass is 191 g/mol. The van der Waals surface area contributed by atoms with Crippen LogP contribution in [0, 0.1) is 5.41 Å². The second-order valence-electron chi connectivity index (χ2n) is 4.57. The third-order valence-electron chi connectivity index (χ3n) is 3.38. The summed E-state index contributed by atoms with van der Waals surface area (Å²) < 4.78 is 5.33. The molecule has 0 amide bonds. The zero-order chi connectivity index (χ0) is 10.3. The van der Waals surface area contributed by atoms with Crippen molar-refractivity contribution in [3.8, 4) is 5.75 Å². The van der Waals surface area contributed by atoms with Crippen molar-refractivity contribution in [1.29, 1.82) is 0 Å². The van der Waals surface area contributed by atoms with E-state index in [-0.39, 0.29) is 11.5 Å². The topological polar surface area (TPSA) is 35.2 Å². The number of rotatable bonds is 2. The fourth-order valence-corrected chi connectivity index (χ4v) is 2.20. The summed E-state index contributed by atoms with van der Waals surface area (Å²) in [6.07, 6.45) is 0. The minimum absolute atomic E-state index is 0.217. The number of ether oxygens (including phenoxy) is 1. The third kappa shape index (κ3) is 1.22. The largest absolute Gasteiger partial charge is 0.496 e. The van der Waals surface area contributed by atoms with E-state index in [1.165, 1.54) is 5.56 Å². The standard InChI is InChI=1S/C12H17NO/c1-12(2)10(11(12)13)8-6-4-5-7-9(8)14-3/h4-7,10-11H,13H2,1-3H3/t10-,11-/m0/s1. The smallest absolute Gasteiger partial charge is 0.122 e. The van der Waals surface area contributed by atoms with Gasteiger partial charge < -0.3 is 10.5 Å². The molecule has 0 radical (unpaired) electrons. The Morgan fingerprint density at radius 3 is 2.36 bits per heavy atom. The third-order valence-corrected chi connectivity index (χ3v) is 3.38. The maximum Gasteiger partial charge on any atom is 0.122 e. The molecule has 0 heterocycles. The molecule has 0 bridgehead atoms. The average Bonchev–Trinajstić information content (AvgIpc) is 2.66. The summed E-state index contributed by atoms with van der Waals surface area (Å²) in [5.41, 5.74) is 7.50. The van der Waals surface area contributed by atoms with E-state index in [1.54, 1.807) is 7.11 Å². The molecule has 2 nitrogen and oxygen atoms in total. The summed E-state index contributed by atoms with van der Waals surface area (Å²) in [6.45, 7) is 4.41. The van der Waals surface area contributed by atoms with Crippen molar-refractivity contribution in [2.75, 3.05) is 7.11 Å². The van der Waals surface area contributed by atoms with Crippen LogP contribution < -0.4 is 10.5 Å². The van der Waals surface area contributed by atoms with E-state index in [4.69, 9.17) is 10.5 Å². The Bertz CT molecular complexity index is 346. The lowest BCUT2D eigenvalue weighted by atomic mass is 10.0. The van der Waals surface area contributed by atoms with Crippen molar-refractivity contribution in [3.05, 3.63) is 29.8 Å². The minimum Gasteiger partial charge on any atom is -0.496 e. The molecule has 0 aromatic heterocycles. The summed E-state index contributed by atoms with van der Waals surface area (Å²) in [5.74, 6) is 1.40. The van der Waals surface area contributed by atoms with Crippen molar-refractivity contribution in [2.24, 2.45) is 11.1 Å². The van der Waals surface area contributed by atoms with Gasteiger partial charge in [0.25, 0.3) is 0 Å². The molecule has 14 heavy (non-hydrogen) atoms.